The fourth-order valence-electron chi connectivity index (χ4n) is 14.3. The molecule has 9 nitrogen and oxygen atoms in total. The number of hydroxylamine groups is 3. The summed E-state index contributed by atoms with van der Waals surface area (Å²) < 4.78 is 13.8. The van der Waals surface area contributed by atoms with Crippen LogP contribution in [0.3, 0.4) is 0 Å². The number of rotatable bonds is 2. The summed E-state index contributed by atoms with van der Waals surface area (Å²) in [7, 11) is 1.49. The Balaban J connectivity index is 1.10. The average molecular weight is 666 g/mol. The number of nitrogens with zero attached hydrogens (tertiary/aromatic N) is 3. The molecule has 0 aromatic heterocycles. The van der Waals surface area contributed by atoms with Crippen LogP contribution >= 0.6 is 0 Å². The summed E-state index contributed by atoms with van der Waals surface area (Å²) >= 11 is 0. The number of carbonyl (C=O) groups excluding carboxylic acids is 1. The maximum atomic E-state index is 15.2. The van der Waals surface area contributed by atoms with Crippen molar-refractivity contribution in [3.63, 3.8) is 0 Å². The van der Waals surface area contributed by atoms with Crippen molar-refractivity contribution in [3.8, 4) is 5.75 Å². The molecule has 9 aliphatic heterocycles. The molecule has 2 aromatic rings. The van der Waals surface area contributed by atoms with Crippen molar-refractivity contribution in [1.29, 1.82) is 0 Å². The number of benzene rings is 2. The second kappa shape index (κ2) is 8.84. The number of aliphatic hydroxyl groups is 1. The van der Waals surface area contributed by atoms with Crippen LogP contribution in [0.1, 0.15) is 81.9 Å². The van der Waals surface area contributed by atoms with Crippen LogP contribution < -0.4 is 15.0 Å². The highest BCUT2D eigenvalue weighted by molar-refractivity contribution is 5.86. The van der Waals surface area contributed by atoms with E-state index < -0.39 is 28.4 Å². The van der Waals surface area contributed by atoms with Gasteiger partial charge in [-0.3, -0.25) is 4.48 Å². The third kappa shape index (κ3) is 2.96. The Labute approximate surface area is 288 Å². The molecule has 0 amide bonds. The lowest BCUT2D eigenvalue weighted by Gasteiger charge is -2.72. The van der Waals surface area contributed by atoms with Crippen molar-refractivity contribution in [2.75, 3.05) is 50.1 Å². The van der Waals surface area contributed by atoms with E-state index in [4.69, 9.17) is 9.47 Å². The fraction of sp³-hybridized carbons (Fsp3) is 0.625. The highest BCUT2D eigenvalue weighted by Gasteiger charge is 2.81. The maximum absolute atomic E-state index is 15.2. The first kappa shape index (κ1) is 29.6. The van der Waals surface area contributed by atoms with Gasteiger partial charge in [-0.05, 0) is 55.9 Å². The van der Waals surface area contributed by atoms with E-state index in [1.165, 1.54) is 26.4 Å². The molecule has 4 bridgehead atoms. The van der Waals surface area contributed by atoms with Gasteiger partial charge >= 0.3 is 5.97 Å². The number of hydrogen-bond donors (Lipinski definition) is 2. The molecule has 3 spiro atoms. The second-order valence-electron chi connectivity index (χ2n) is 17.5. The van der Waals surface area contributed by atoms with Gasteiger partial charge in [-0.1, -0.05) is 31.2 Å². The Morgan fingerprint density at radius 3 is 2.82 bits per heavy atom. The number of ether oxygens (including phenoxy) is 2. The second-order valence-corrected chi connectivity index (χ2v) is 17.5. The minimum Gasteiger partial charge on any atom is -0.632 e. The molecule has 49 heavy (non-hydrogen) atoms. The summed E-state index contributed by atoms with van der Waals surface area (Å²) in [6.07, 6.45) is 10.5. The van der Waals surface area contributed by atoms with Gasteiger partial charge in [0.2, 0.25) is 5.66 Å². The van der Waals surface area contributed by atoms with Crippen LogP contribution in [-0.2, 0) is 27.2 Å². The predicted octanol–water partition coefficient (Wildman–Crippen LogP) is 5.20. The first-order chi connectivity index (χ1) is 23.6. The molecule has 9 heteroatoms. The van der Waals surface area contributed by atoms with Crippen LogP contribution in [0.15, 0.2) is 48.0 Å². The van der Waals surface area contributed by atoms with Crippen LogP contribution in [0.2, 0.25) is 0 Å². The first-order valence-corrected chi connectivity index (χ1v) is 19.0. The molecule has 0 saturated carbocycles. The first-order valence-electron chi connectivity index (χ1n) is 19.0. The van der Waals surface area contributed by atoms with E-state index in [0.29, 0.717) is 37.8 Å². The zero-order chi connectivity index (χ0) is 33.4. The van der Waals surface area contributed by atoms with E-state index in [0.717, 1.165) is 82.8 Å². The minimum absolute atomic E-state index is 0.0918. The minimum atomic E-state index is -0.966. The number of fused-ring (bicyclic) bond motifs is 7. The molecule has 9 aliphatic rings. The smallest absolute Gasteiger partial charge is 0.329 e. The van der Waals surface area contributed by atoms with Crippen LogP contribution in [0.4, 0.5) is 11.4 Å². The molecule has 6 saturated heterocycles. The molecule has 9 heterocycles. The lowest BCUT2D eigenvalue weighted by Crippen LogP contribution is -2.86. The third-order valence-electron chi connectivity index (χ3n) is 16.4. The monoisotopic (exact) mass is 665 g/mol. The Kier molecular flexibility index (Phi) is 5.34. The van der Waals surface area contributed by atoms with Crippen LogP contribution in [0, 0.1) is 16.5 Å². The van der Waals surface area contributed by atoms with Gasteiger partial charge in [-0.15, -0.1) is 0 Å². The molecular weight excluding hydrogens is 616 g/mol. The Bertz CT molecular complexity index is 1900. The number of methoxy groups -OCH3 is 1. The summed E-state index contributed by atoms with van der Waals surface area (Å²) in [5.74, 6) is 0.511. The van der Waals surface area contributed by atoms with Crippen molar-refractivity contribution in [2.24, 2.45) is 11.3 Å². The van der Waals surface area contributed by atoms with Gasteiger partial charge in [0.15, 0.2) is 11.2 Å². The standard InChI is InChI=1S/C40H49N4O5/c1-4-25-23-44(47)18-15-39-28-9-6-7-10-31(28)42-34(35(45)48-3)27(25)20-33(44)37(39,42)22-26-19-29-30(21-32(26)49-39)41-40-13-12-36(5-2)11-8-16-43(40,24-36)17-14-38(29,40)46/h4,6-7,9-10,19,21,27,33-34,41,46H,5,8,11-18,20,22-24H2,1-3H3/q+1/b25-4-/t27-,33-,34-,36+,37+,38+,39-,40-,43?,44?/m0/s1. The van der Waals surface area contributed by atoms with E-state index in [1.807, 2.05) is 13.0 Å². The van der Waals surface area contributed by atoms with E-state index in [9.17, 15) is 9.90 Å². The highest BCUT2D eigenvalue weighted by atomic mass is 16.6. The van der Waals surface area contributed by atoms with E-state index >= 15 is 5.21 Å². The highest BCUT2D eigenvalue weighted by Crippen LogP contribution is 2.70. The van der Waals surface area contributed by atoms with Crippen LogP contribution in [0.25, 0.3) is 0 Å². The molecule has 0 aliphatic carbocycles. The van der Waals surface area contributed by atoms with Crippen molar-refractivity contribution < 1.29 is 28.5 Å². The summed E-state index contributed by atoms with van der Waals surface area (Å²) in [5.41, 5.74) is 3.66. The van der Waals surface area contributed by atoms with Gasteiger partial charge in [-0.25, -0.2) is 4.79 Å². The molecule has 2 N–H and O–H groups in total. The lowest BCUT2D eigenvalue weighted by molar-refractivity contribution is -0.981. The van der Waals surface area contributed by atoms with Gasteiger partial charge < -0.3 is 34.7 Å². The Morgan fingerprint density at radius 2 is 2.00 bits per heavy atom. The zero-order valence-corrected chi connectivity index (χ0v) is 29.1. The normalized spacial score (nSPS) is 47.9. The zero-order valence-electron chi connectivity index (χ0n) is 29.1. The largest absolute Gasteiger partial charge is 0.632 e. The summed E-state index contributed by atoms with van der Waals surface area (Å²) in [5, 5.41) is 32.3. The number of allylic oxidation sites excluding steroid dienone is 1. The van der Waals surface area contributed by atoms with Crippen LogP contribution in [-0.4, -0.2) is 83.3 Å². The molecule has 2 aromatic carbocycles. The SMILES string of the molecule is C/C=C1/C[N+]2([O-])CC[C@@]34Oc5cc6c(cc5C[C@@]35[C@@H]2C[C@@H]1[C@@H](C(=O)OC)N5c1ccccc14)[C@]1(O)CC[N+]23CCC[C@](CC)(CC[C@@]12N6)C3. The maximum Gasteiger partial charge on any atom is 0.329 e. The molecule has 10 atom stereocenters. The van der Waals surface area contributed by atoms with E-state index in [1.54, 1.807) is 0 Å². The molecule has 6 fully saturated rings. The third-order valence-corrected chi connectivity index (χ3v) is 16.4. The van der Waals surface area contributed by atoms with Crippen molar-refractivity contribution >= 4 is 17.3 Å². The summed E-state index contributed by atoms with van der Waals surface area (Å²) in [6.45, 7) is 8.52. The Morgan fingerprint density at radius 1 is 1.14 bits per heavy atom. The Hall–Kier alpha value is -3.11. The van der Waals surface area contributed by atoms with Gasteiger partial charge in [0, 0.05) is 72.0 Å². The van der Waals surface area contributed by atoms with Gasteiger partial charge in [0.1, 0.15) is 29.9 Å². The summed E-state index contributed by atoms with van der Waals surface area (Å²) in [4.78, 5) is 16.3. The molecule has 0 radical (unpaired) electrons. The van der Waals surface area contributed by atoms with Crippen molar-refractivity contribution in [3.05, 3.63) is 69.9 Å². The topological polar surface area (TPSA) is 94.1 Å². The number of esters is 1. The van der Waals surface area contributed by atoms with Gasteiger partial charge in [-0.2, -0.15) is 0 Å². The number of hydrogen-bond acceptors (Lipinski definition) is 7. The molecule has 258 valence electrons. The average Bonchev–Trinajstić information content (AvgIpc) is 3.61. The fourth-order valence-corrected chi connectivity index (χ4v) is 14.3. The number of nitrogens with one attached hydrogen (secondary N) is 1. The lowest BCUT2D eigenvalue weighted by atomic mass is 9.56. The molecule has 2 unspecified atom stereocenters. The molecule has 11 rings (SSSR count). The van der Waals surface area contributed by atoms with Crippen LogP contribution in [0.5, 0.6) is 5.75 Å². The van der Waals surface area contributed by atoms with Crippen molar-refractivity contribution in [2.45, 2.75) is 106 Å². The van der Waals surface area contributed by atoms with E-state index in [2.05, 4.69) is 53.5 Å². The number of anilines is 2. The van der Waals surface area contributed by atoms with Crippen molar-refractivity contribution in [1.82, 2.24) is 0 Å². The number of piperidine rings is 5. The van der Waals surface area contributed by atoms with Gasteiger partial charge in [0.25, 0.3) is 0 Å². The predicted molar refractivity (Wildman–Crippen MR) is 184 cm³/mol. The van der Waals surface area contributed by atoms with Gasteiger partial charge in [0.05, 0.1) is 33.3 Å². The number of carbonyl (C=O) groups is 1. The summed E-state index contributed by atoms with van der Waals surface area (Å²) in [6, 6.07) is 12.0. The van der Waals surface area contributed by atoms with E-state index in [-0.39, 0.29) is 22.6 Å². The number of para-hydroxylation sites is 1. The quantitative estimate of drug-likeness (QED) is 0.197. The number of quaternary nitrogens is 2. The molecular formula is C40H49N4O5+.